The van der Waals surface area contributed by atoms with Crippen LogP contribution in [0.3, 0.4) is 0 Å². The van der Waals surface area contributed by atoms with Crippen LogP contribution in [0.5, 0.6) is 5.75 Å². The van der Waals surface area contributed by atoms with Gasteiger partial charge in [0.1, 0.15) is 11.7 Å². The normalized spacial score (nSPS) is 10.5. The lowest BCUT2D eigenvalue weighted by molar-refractivity contribution is 0.356. The van der Waals surface area contributed by atoms with Gasteiger partial charge in [-0.05, 0) is 48.9 Å². The molecule has 0 aliphatic heterocycles. The highest BCUT2D eigenvalue weighted by Gasteiger charge is 2.17. The SMILES string of the molecule is Cc1ccc2c(=O)c(OCC#N)c(-c3ccc(Cl)cc3)oc2c1. The minimum atomic E-state index is -0.300. The van der Waals surface area contributed by atoms with Crippen LogP contribution < -0.4 is 10.2 Å². The number of nitriles is 1. The van der Waals surface area contributed by atoms with E-state index in [0.29, 0.717) is 27.3 Å². The highest BCUT2D eigenvalue weighted by atomic mass is 35.5. The Kier molecular flexibility index (Phi) is 4.05. The Balaban J connectivity index is 2.30. The van der Waals surface area contributed by atoms with Gasteiger partial charge in [0.15, 0.2) is 12.4 Å². The van der Waals surface area contributed by atoms with Gasteiger partial charge in [-0.25, -0.2) is 0 Å². The zero-order chi connectivity index (χ0) is 16.4. The summed E-state index contributed by atoms with van der Waals surface area (Å²) in [6.45, 7) is 1.68. The summed E-state index contributed by atoms with van der Waals surface area (Å²) in [6.07, 6.45) is 0. The number of hydrogen-bond acceptors (Lipinski definition) is 4. The van der Waals surface area contributed by atoms with Crippen molar-refractivity contribution in [3.05, 3.63) is 63.3 Å². The van der Waals surface area contributed by atoms with Gasteiger partial charge in [-0.2, -0.15) is 5.26 Å². The van der Waals surface area contributed by atoms with Crippen LogP contribution in [0.1, 0.15) is 5.56 Å². The third-order valence-electron chi connectivity index (χ3n) is 3.39. The first-order valence-electron chi connectivity index (χ1n) is 6.93. The number of fused-ring (bicyclic) bond motifs is 1. The summed E-state index contributed by atoms with van der Waals surface area (Å²) in [5.74, 6) is 0.324. The largest absolute Gasteiger partial charge is 0.471 e. The molecule has 1 heterocycles. The van der Waals surface area contributed by atoms with Crippen molar-refractivity contribution in [1.82, 2.24) is 0 Å². The lowest BCUT2D eigenvalue weighted by atomic mass is 10.1. The molecule has 0 saturated heterocycles. The van der Waals surface area contributed by atoms with Crippen molar-refractivity contribution in [3.8, 4) is 23.1 Å². The van der Waals surface area contributed by atoms with Crippen molar-refractivity contribution in [1.29, 1.82) is 5.26 Å². The number of benzene rings is 2. The Morgan fingerprint density at radius 1 is 1.22 bits per heavy atom. The first kappa shape index (κ1) is 15.1. The molecule has 0 aliphatic rings. The zero-order valence-electron chi connectivity index (χ0n) is 12.3. The Morgan fingerprint density at radius 2 is 1.96 bits per heavy atom. The molecular formula is C18H12ClNO3. The molecule has 5 heteroatoms. The minimum Gasteiger partial charge on any atom is -0.471 e. The fourth-order valence-electron chi connectivity index (χ4n) is 2.31. The van der Waals surface area contributed by atoms with E-state index in [1.165, 1.54) is 0 Å². The number of ether oxygens (including phenoxy) is 1. The molecule has 0 unspecified atom stereocenters. The Morgan fingerprint density at radius 3 is 2.65 bits per heavy atom. The van der Waals surface area contributed by atoms with E-state index in [2.05, 4.69) is 0 Å². The van der Waals surface area contributed by atoms with Crippen LogP contribution in [0.4, 0.5) is 0 Å². The first-order valence-corrected chi connectivity index (χ1v) is 7.31. The predicted octanol–water partition coefficient (Wildman–Crippen LogP) is 4.32. The average molecular weight is 326 g/mol. The molecule has 0 radical (unpaired) electrons. The average Bonchev–Trinajstić information content (AvgIpc) is 2.54. The quantitative estimate of drug-likeness (QED) is 0.719. The molecule has 1 aromatic heterocycles. The molecule has 2 aromatic carbocycles. The predicted molar refractivity (Wildman–Crippen MR) is 88.8 cm³/mol. The van der Waals surface area contributed by atoms with E-state index in [1.807, 2.05) is 19.1 Å². The van der Waals surface area contributed by atoms with E-state index in [9.17, 15) is 4.79 Å². The van der Waals surface area contributed by atoms with Gasteiger partial charge in [-0.1, -0.05) is 17.7 Å². The number of hydrogen-bond donors (Lipinski definition) is 0. The van der Waals surface area contributed by atoms with Crippen molar-refractivity contribution < 1.29 is 9.15 Å². The molecule has 4 nitrogen and oxygen atoms in total. The summed E-state index contributed by atoms with van der Waals surface area (Å²) < 4.78 is 11.2. The van der Waals surface area contributed by atoms with Crippen LogP contribution >= 0.6 is 11.6 Å². The molecule has 0 saturated carbocycles. The van der Waals surface area contributed by atoms with Gasteiger partial charge in [0.2, 0.25) is 11.2 Å². The van der Waals surface area contributed by atoms with Gasteiger partial charge in [-0.15, -0.1) is 0 Å². The summed E-state index contributed by atoms with van der Waals surface area (Å²) in [5.41, 5.74) is 1.81. The highest BCUT2D eigenvalue weighted by Crippen LogP contribution is 2.31. The van der Waals surface area contributed by atoms with E-state index < -0.39 is 0 Å². The number of aryl methyl sites for hydroxylation is 1. The minimum absolute atomic E-state index is 0.0326. The van der Waals surface area contributed by atoms with E-state index in [4.69, 9.17) is 26.0 Å². The summed E-state index contributed by atoms with van der Waals surface area (Å²) >= 11 is 5.90. The lowest BCUT2D eigenvalue weighted by Crippen LogP contribution is -2.10. The molecule has 3 aromatic rings. The molecular weight excluding hydrogens is 314 g/mol. The van der Waals surface area contributed by atoms with Crippen LogP contribution in [0.15, 0.2) is 51.7 Å². The van der Waals surface area contributed by atoms with E-state index in [1.54, 1.807) is 36.4 Å². The van der Waals surface area contributed by atoms with E-state index >= 15 is 0 Å². The number of nitrogens with zero attached hydrogens (tertiary/aromatic N) is 1. The lowest BCUT2D eigenvalue weighted by Gasteiger charge is -2.10. The van der Waals surface area contributed by atoms with E-state index in [0.717, 1.165) is 5.56 Å². The van der Waals surface area contributed by atoms with Gasteiger partial charge in [0, 0.05) is 10.6 Å². The second kappa shape index (κ2) is 6.15. The molecule has 114 valence electrons. The van der Waals surface area contributed by atoms with Crippen LogP contribution in [0, 0.1) is 18.3 Å². The van der Waals surface area contributed by atoms with Gasteiger partial charge >= 0.3 is 0 Å². The van der Waals surface area contributed by atoms with Crippen LogP contribution in [0.2, 0.25) is 5.02 Å². The molecule has 0 aliphatic carbocycles. The molecule has 0 N–H and O–H groups in total. The highest BCUT2D eigenvalue weighted by molar-refractivity contribution is 6.30. The first-order chi connectivity index (χ1) is 11.1. The maximum Gasteiger partial charge on any atom is 0.235 e. The van der Waals surface area contributed by atoms with Crippen LogP contribution in [0.25, 0.3) is 22.3 Å². The van der Waals surface area contributed by atoms with E-state index in [-0.39, 0.29) is 17.8 Å². The molecule has 0 bridgehead atoms. The van der Waals surface area contributed by atoms with Crippen molar-refractivity contribution in [3.63, 3.8) is 0 Å². The Labute approximate surface area is 137 Å². The van der Waals surface area contributed by atoms with Crippen molar-refractivity contribution >= 4 is 22.6 Å². The summed E-state index contributed by atoms with van der Waals surface area (Å²) in [5, 5.41) is 9.73. The van der Waals surface area contributed by atoms with Gasteiger partial charge in [0.05, 0.1) is 5.39 Å². The maximum atomic E-state index is 12.7. The molecule has 0 amide bonds. The van der Waals surface area contributed by atoms with Gasteiger partial charge < -0.3 is 9.15 Å². The fraction of sp³-hybridized carbons (Fsp3) is 0.111. The molecule has 0 fully saturated rings. The molecule has 0 spiro atoms. The standard InChI is InChI=1S/C18H12ClNO3/c1-11-2-7-14-15(10-11)23-17(12-3-5-13(19)6-4-12)18(16(14)21)22-9-8-20/h2-7,10H,9H2,1H3. The smallest absolute Gasteiger partial charge is 0.235 e. The topological polar surface area (TPSA) is 63.2 Å². The molecule has 23 heavy (non-hydrogen) atoms. The van der Waals surface area contributed by atoms with Crippen molar-refractivity contribution in [2.45, 2.75) is 6.92 Å². The number of rotatable bonds is 3. The monoisotopic (exact) mass is 325 g/mol. The second-order valence-electron chi connectivity index (χ2n) is 5.04. The van der Waals surface area contributed by atoms with Gasteiger partial charge in [0.25, 0.3) is 0 Å². The molecule has 3 rings (SSSR count). The summed E-state index contributed by atoms with van der Waals surface area (Å²) in [7, 11) is 0. The van der Waals surface area contributed by atoms with Crippen molar-refractivity contribution in [2.24, 2.45) is 0 Å². The third-order valence-corrected chi connectivity index (χ3v) is 3.65. The summed E-state index contributed by atoms with van der Waals surface area (Å²) in [6, 6.07) is 14.1. The summed E-state index contributed by atoms with van der Waals surface area (Å²) in [4.78, 5) is 12.7. The second-order valence-corrected chi connectivity index (χ2v) is 5.48. The third kappa shape index (κ3) is 2.92. The Bertz CT molecular complexity index is 968. The van der Waals surface area contributed by atoms with Crippen LogP contribution in [-0.2, 0) is 0 Å². The Hall–Kier alpha value is -2.77. The zero-order valence-corrected chi connectivity index (χ0v) is 13.1. The molecule has 0 atom stereocenters. The fourth-order valence-corrected chi connectivity index (χ4v) is 2.44. The number of halogens is 1. The van der Waals surface area contributed by atoms with Gasteiger partial charge in [-0.3, -0.25) is 4.79 Å². The van der Waals surface area contributed by atoms with Crippen molar-refractivity contribution in [2.75, 3.05) is 6.61 Å². The maximum absolute atomic E-state index is 12.7. The van der Waals surface area contributed by atoms with Crippen LogP contribution in [-0.4, -0.2) is 6.61 Å².